The minimum absolute atomic E-state index is 0.0302. The van der Waals surface area contributed by atoms with Crippen molar-refractivity contribution in [2.45, 2.75) is 99.5 Å². The van der Waals surface area contributed by atoms with Gasteiger partial charge in [-0.1, -0.05) is 44.2 Å². The summed E-state index contributed by atoms with van der Waals surface area (Å²) in [6.07, 6.45) is 5.73. The van der Waals surface area contributed by atoms with Crippen LogP contribution in [-0.2, 0) is 50.6 Å². The summed E-state index contributed by atoms with van der Waals surface area (Å²) in [5, 5.41) is 26.5. The number of esters is 3. The van der Waals surface area contributed by atoms with E-state index in [1.807, 2.05) is 55.2 Å². The number of ether oxygens (including phenoxy) is 5. The van der Waals surface area contributed by atoms with Crippen molar-refractivity contribution in [2.75, 3.05) is 72.8 Å². The number of hydrogen-bond acceptors (Lipinski definition) is 13. The Bertz CT molecular complexity index is 2300. The van der Waals surface area contributed by atoms with Crippen molar-refractivity contribution in [3.05, 3.63) is 70.9 Å². The lowest BCUT2D eigenvalue weighted by Gasteiger charge is -2.63. The number of hydrogen-bond donors (Lipinski definition) is 3. The number of fused-ring (bicyclic) bond motifs is 6. The molecule has 2 saturated heterocycles. The Balaban J connectivity index is 1.38. The SMILES string of the molecule is CCC1(O)CC2CN(CCc3c([nH]c4ccccc34)C(C(=O)OC)(c3cc4c(cc3OC)N(COC)C3C(O)(C(=O)OC)C(OC(C)=O)C5(CC)C=CCN6CCC43C65)C2)C1. The van der Waals surface area contributed by atoms with Crippen molar-refractivity contribution in [1.82, 2.24) is 14.8 Å². The van der Waals surface area contributed by atoms with Gasteiger partial charge >= 0.3 is 17.9 Å². The van der Waals surface area contributed by atoms with Crippen LogP contribution < -0.4 is 9.64 Å². The molecule has 0 amide bonds. The molecule has 1 spiro atoms. The highest BCUT2D eigenvalue weighted by Crippen LogP contribution is 2.68. The molecule has 1 aromatic heterocycles. The van der Waals surface area contributed by atoms with Gasteiger partial charge in [0.25, 0.3) is 0 Å². The first-order valence-corrected chi connectivity index (χ1v) is 21.8. The van der Waals surface area contributed by atoms with Gasteiger partial charge in [-0.3, -0.25) is 19.4 Å². The first kappa shape index (κ1) is 41.9. The quantitative estimate of drug-likeness (QED) is 0.161. The van der Waals surface area contributed by atoms with E-state index < -0.39 is 57.5 Å². The minimum atomic E-state index is -2.38. The predicted molar refractivity (Wildman–Crippen MR) is 226 cm³/mol. The van der Waals surface area contributed by atoms with Gasteiger partial charge in [0, 0.05) is 91.0 Å². The highest BCUT2D eigenvalue weighted by molar-refractivity contribution is 5.95. The van der Waals surface area contributed by atoms with Gasteiger partial charge in [-0.25, -0.2) is 4.79 Å². The van der Waals surface area contributed by atoms with Crippen molar-refractivity contribution < 1.29 is 48.3 Å². The average Bonchev–Trinajstić information content (AvgIpc) is 3.93. The van der Waals surface area contributed by atoms with Crippen LogP contribution in [0.5, 0.6) is 5.75 Å². The van der Waals surface area contributed by atoms with Crippen molar-refractivity contribution in [1.29, 1.82) is 0 Å². The number of piperidine rings is 1. The Labute approximate surface area is 357 Å². The molecular formula is C47H60N4O10. The lowest BCUT2D eigenvalue weighted by atomic mass is 9.47. The van der Waals surface area contributed by atoms with Crippen LogP contribution in [0, 0.1) is 11.3 Å². The van der Waals surface area contributed by atoms with Crippen molar-refractivity contribution in [2.24, 2.45) is 11.3 Å². The molecule has 10 atom stereocenters. The van der Waals surface area contributed by atoms with E-state index in [4.69, 9.17) is 23.7 Å². The highest BCUT2D eigenvalue weighted by atomic mass is 16.6. The Morgan fingerprint density at radius 2 is 1.70 bits per heavy atom. The summed E-state index contributed by atoms with van der Waals surface area (Å²) < 4.78 is 30.0. The number of nitrogens with one attached hydrogen (secondary N) is 1. The maximum atomic E-state index is 15.4. The Morgan fingerprint density at radius 1 is 0.934 bits per heavy atom. The molecule has 3 fully saturated rings. The van der Waals surface area contributed by atoms with Crippen LogP contribution in [0.2, 0.25) is 0 Å². The summed E-state index contributed by atoms with van der Waals surface area (Å²) >= 11 is 0. The fraction of sp³-hybridized carbons (Fsp3) is 0.596. The van der Waals surface area contributed by atoms with Crippen LogP contribution in [0.25, 0.3) is 10.9 Å². The summed E-state index contributed by atoms with van der Waals surface area (Å²) in [6, 6.07) is 10.7. The van der Waals surface area contributed by atoms with Gasteiger partial charge < -0.3 is 43.8 Å². The molecule has 14 nitrogen and oxygen atoms in total. The molecule has 3 aromatic rings. The summed E-state index contributed by atoms with van der Waals surface area (Å²) in [6.45, 7) is 8.47. The predicted octanol–water partition coefficient (Wildman–Crippen LogP) is 3.97. The summed E-state index contributed by atoms with van der Waals surface area (Å²) in [5.41, 5.74) is -2.08. The molecule has 6 heterocycles. The summed E-state index contributed by atoms with van der Waals surface area (Å²) in [7, 11) is 5.82. The number of rotatable bonds is 9. The normalized spacial score (nSPS) is 36.1. The molecule has 1 aliphatic carbocycles. The topological polar surface area (TPSA) is 163 Å². The number of benzene rings is 2. The second kappa shape index (κ2) is 14.8. The number of methoxy groups -OCH3 is 4. The third kappa shape index (κ3) is 5.60. The van der Waals surface area contributed by atoms with E-state index in [9.17, 15) is 19.8 Å². The number of carbonyl (C=O) groups is 3. The van der Waals surface area contributed by atoms with E-state index in [0.717, 1.165) is 27.7 Å². The van der Waals surface area contributed by atoms with E-state index in [0.29, 0.717) is 88.2 Å². The molecule has 1 saturated carbocycles. The van der Waals surface area contributed by atoms with E-state index >= 15 is 4.79 Å². The Kier molecular flexibility index (Phi) is 10.2. The first-order chi connectivity index (χ1) is 29.3. The summed E-state index contributed by atoms with van der Waals surface area (Å²) in [4.78, 5) is 53.4. The van der Waals surface area contributed by atoms with Crippen molar-refractivity contribution in [3.8, 4) is 5.75 Å². The molecule has 2 aromatic carbocycles. The highest BCUT2D eigenvalue weighted by Gasteiger charge is 2.81. The number of nitrogens with zero attached hydrogens (tertiary/aromatic N) is 3. The first-order valence-electron chi connectivity index (χ1n) is 21.8. The minimum Gasteiger partial charge on any atom is -0.496 e. The zero-order chi connectivity index (χ0) is 43.3. The van der Waals surface area contributed by atoms with Crippen LogP contribution in [0.1, 0.15) is 75.3 Å². The fourth-order valence-corrected chi connectivity index (χ4v) is 13.6. The molecule has 0 radical (unpaired) electrons. The number of anilines is 1. The van der Waals surface area contributed by atoms with Crippen LogP contribution in [0.3, 0.4) is 0 Å². The zero-order valence-electron chi connectivity index (χ0n) is 36.4. The molecule has 61 heavy (non-hydrogen) atoms. The molecule has 5 aliphatic heterocycles. The molecule has 6 aliphatic rings. The van der Waals surface area contributed by atoms with Crippen LogP contribution in [-0.4, -0.2) is 140 Å². The van der Waals surface area contributed by atoms with Gasteiger partial charge in [0.15, 0.2) is 6.10 Å². The third-order valence-electron chi connectivity index (χ3n) is 15.7. The summed E-state index contributed by atoms with van der Waals surface area (Å²) in [5.74, 6) is -1.70. The average molecular weight is 841 g/mol. The number of aromatic nitrogens is 1. The Hall–Kier alpha value is -4.47. The van der Waals surface area contributed by atoms with Gasteiger partial charge in [-0.2, -0.15) is 0 Å². The molecule has 9 rings (SSSR count). The number of H-pyrrole nitrogens is 1. The molecule has 3 N–H and O–H groups in total. The second-order valence-corrected chi connectivity index (χ2v) is 18.5. The van der Waals surface area contributed by atoms with E-state index in [2.05, 4.69) is 26.9 Å². The maximum Gasteiger partial charge on any atom is 0.344 e. The molecule has 10 unspecified atom stereocenters. The number of aromatic amines is 1. The Morgan fingerprint density at radius 3 is 2.39 bits per heavy atom. The zero-order valence-corrected chi connectivity index (χ0v) is 36.4. The van der Waals surface area contributed by atoms with E-state index in [1.165, 1.54) is 21.1 Å². The third-order valence-corrected chi connectivity index (χ3v) is 15.7. The van der Waals surface area contributed by atoms with Crippen molar-refractivity contribution >= 4 is 34.5 Å². The maximum absolute atomic E-state index is 15.4. The largest absolute Gasteiger partial charge is 0.496 e. The monoisotopic (exact) mass is 840 g/mol. The number of aliphatic hydroxyl groups is 2. The van der Waals surface area contributed by atoms with Crippen LogP contribution in [0.15, 0.2) is 48.6 Å². The van der Waals surface area contributed by atoms with Gasteiger partial charge in [0.2, 0.25) is 5.60 Å². The number of para-hydroxylation sites is 1. The van der Waals surface area contributed by atoms with E-state index in [-0.39, 0.29) is 18.7 Å². The van der Waals surface area contributed by atoms with Gasteiger partial charge in [-0.05, 0) is 74.2 Å². The molecule has 2 bridgehead atoms. The van der Waals surface area contributed by atoms with Gasteiger partial charge in [0.1, 0.15) is 17.9 Å². The molecular weight excluding hydrogens is 781 g/mol. The second-order valence-electron chi connectivity index (χ2n) is 18.5. The number of carbonyl (C=O) groups excluding carboxylic acids is 3. The standard InChI is InChI=1S/C47H60N4O10/c1-8-43(55)23-29-24-46(41(53)59-6,37-31(15-19-49(25-29)26-43)30-13-10-11-14-34(30)48-37)33-21-32-35(22-36(33)58-5)51(27-57-4)39-45(32)17-20-50-18-12-16-44(9-2,38(45)50)40(61-28(3)52)47(39,56)42(54)60-7/h10-14,16,21-22,29,38-40,48,55-56H,8-9,15,17-20,23-27H2,1-7H3. The van der Waals surface area contributed by atoms with Gasteiger partial charge in [-0.15, -0.1) is 0 Å². The van der Waals surface area contributed by atoms with Crippen molar-refractivity contribution in [3.63, 3.8) is 0 Å². The lowest BCUT2D eigenvalue weighted by Crippen LogP contribution is -2.81. The smallest absolute Gasteiger partial charge is 0.344 e. The fourth-order valence-electron chi connectivity index (χ4n) is 13.6. The molecule has 14 heteroatoms. The van der Waals surface area contributed by atoms with E-state index in [1.54, 1.807) is 14.2 Å². The van der Waals surface area contributed by atoms with Crippen LogP contribution in [0.4, 0.5) is 5.69 Å². The van der Waals surface area contributed by atoms with Crippen LogP contribution >= 0.6 is 0 Å². The molecule has 328 valence electrons. The van der Waals surface area contributed by atoms with Gasteiger partial charge in [0.05, 0.1) is 33.0 Å². The lowest BCUT2D eigenvalue weighted by molar-refractivity contribution is -0.229.